The second kappa shape index (κ2) is 19.4. The van der Waals surface area contributed by atoms with Gasteiger partial charge in [-0.1, -0.05) is 85.5 Å². The van der Waals surface area contributed by atoms with Crippen molar-refractivity contribution in [3.63, 3.8) is 0 Å². The molecule has 1 atom stereocenters. The SMILES string of the molecule is CCCCCCCCCCCCOc1ccc(OS(=O)Nc2cc(NC(=O)CC)c(O)c(S(=O)(=O)N(CC)CC)c2)cc1. The molecule has 1 amide bonds. The van der Waals surface area contributed by atoms with Gasteiger partial charge in [0, 0.05) is 19.5 Å². The Bertz CT molecular complexity index is 1250. The molecule has 0 aromatic heterocycles. The topological polar surface area (TPSA) is 134 Å². The van der Waals surface area contributed by atoms with E-state index >= 15 is 0 Å². The molecule has 12 heteroatoms. The number of anilines is 2. The van der Waals surface area contributed by atoms with Gasteiger partial charge >= 0.3 is 11.3 Å². The lowest BCUT2D eigenvalue weighted by atomic mass is 10.1. The number of amides is 1. The van der Waals surface area contributed by atoms with E-state index in [-0.39, 0.29) is 30.9 Å². The Morgan fingerprint density at radius 3 is 1.98 bits per heavy atom. The maximum Gasteiger partial charge on any atom is 0.316 e. The van der Waals surface area contributed by atoms with Gasteiger partial charge in [-0.05, 0) is 42.8 Å². The molecule has 0 spiro atoms. The number of benzene rings is 2. The van der Waals surface area contributed by atoms with Gasteiger partial charge in [-0.25, -0.2) is 8.42 Å². The van der Waals surface area contributed by atoms with Gasteiger partial charge in [0.25, 0.3) is 0 Å². The monoisotopic (exact) mass is 639 g/mol. The van der Waals surface area contributed by atoms with Crippen LogP contribution in [0.25, 0.3) is 0 Å². The number of ether oxygens (including phenoxy) is 1. The van der Waals surface area contributed by atoms with E-state index in [2.05, 4.69) is 17.0 Å². The van der Waals surface area contributed by atoms with Gasteiger partial charge in [-0.15, -0.1) is 0 Å². The third-order valence-corrected chi connectivity index (χ3v) is 9.77. The number of rotatable bonds is 22. The van der Waals surface area contributed by atoms with Crippen LogP contribution in [0.1, 0.15) is 98.3 Å². The number of aromatic hydroxyl groups is 1. The largest absolute Gasteiger partial charge is 0.504 e. The highest BCUT2D eigenvalue weighted by molar-refractivity contribution is 7.89. The highest BCUT2D eigenvalue weighted by Gasteiger charge is 2.28. The number of carbonyl (C=O) groups excluding carboxylic acids is 1. The summed E-state index contributed by atoms with van der Waals surface area (Å²) in [5.41, 5.74) is -0.0480. The number of unbranched alkanes of at least 4 members (excludes halogenated alkanes) is 9. The zero-order chi connectivity index (χ0) is 31.7. The molecule has 10 nitrogen and oxygen atoms in total. The van der Waals surface area contributed by atoms with Crippen molar-refractivity contribution in [1.29, 1.82) is 0 Å². The molecule has 0 aliphatic heterocycles. The highest BCUT2D eigenvalue weighted by atomic mass is 32.2. The first-order valence-corrected chi connectivity index (χ1v) is 17.9. The maximum atomic E-state index is 13.2. The maximum absolute atomic E-state index is 13.2. The number of phenols is 1. The van der Waals surface area contributed by atoms with E-state index in [1.54, 1.807) is 45.0 Å². The van der Waals surface area contributed by atoms with Gasteiger partial charge in [-0.2, -0.15) is 8.51 Å². The Kier molecular flexibility index (Phi) is 16.4. The summed E-state index contributed by atoms with van der Waals surface area (Å²) in [4.78, 5) is 11.6. The van der Waals surface area contributed by atoms with Gasteiger partial charge in [0.2, 0.25) is 15.9 Å². The van der Waals surface area contributed by atoms with Crippen molar-refractivity contribution in [3.05, 3.63) is 36.4 Å². The number of hydrogen-bond donors (Lipinski definition) is 3. The first kappa shape index (κ1) is 36.4. The van der Waals surface area contributed by atoms with Gasteiger partial charge in [0.05, 0.1) is 18.0 Å². The summed E-state index contributed by atoms with van der Waals surface area (Å²) in [6, 6.07) is 9.19. The van der Waals surface area contributed by atoms with E-state index < -0.39 is 37.8 Å². The molecule has 2 aromatic rings. The second-order valence-electron chi connectivity index (χ2n) is 10.3. The number of phenolic OH excluding ortho intramolecular Hbond substituents is 1. The van der Waals surface area contributed by atoms with Crippen molar-refractivity contribution in [3.8, 4) is 17.2 Å². The Morgan fingerprint density at radius 1 is 0.860 bits per heavy atom. The van der Waals surface area contributed by atoms with Gasteiger partial charge in [-0.3, -0.25) is 9.52 Å². The van der Waals surface area contributed by atoms with Crippen LogP contribution in [0.5, 0.6) is 17.2 Å². The van der Waals surface area contributed by atoms with Crippen LogP contribution in [0, 0.1) is 0 Å². The first-order valence-electron chi connectivity index (χ1n) is 15.4. The van der Waals surface area contributed by atoms with Crippen LogP contribution in [0.2, 0.25) is 0 Å². The summed E-state index contributed by atoms with van der Waals surface area (Å²) >= 11 is -2.11. The number of nitrogens with zero attached hydrogens (tertiary/aromatic N) is 1. The molecule has 2 aromatic carbocycles. The first-order chi connectivity index (χ1) is 20.7. The number of sulfonamides is 1. The Hall–Kier alpha value is -2.83. The molecule has 0 saturated carbocycles. The molecule has 0 fully saturated rings. The fourth-order valence-electron chi connectivity index (χ4n) is 4.48. The summed E-state index contributed by atoms with van der Waals surface area (Å²) in [5, 5.41) is 13.2. The van der Waals surface area contributed by atoms with Crippen molar-refractivity contribution in [1.82, 2.24) is 4.31 Å². The lowest BCUT2D eigenvalue weighted by Gasteiger charge is -2.21. The van der Waals surface area contributed by atoms with Crippen molar-refractivity contribution in [2.24, 2.45) is 0 Å². The Morgan fingerprint density at radius 2 is 1.42 bits per heavy atom. The van der Waals surface area contributed by atoms with Crippen molar-refractivity contribution in [2.45, 2.75) is 103 Å². The molecule has 0 radical (unpaired) electrons. The molecule has 2 rings (SSSR count). The fraction of sp³-hybridized carbons (Fsp3) is 0.581. The molecule has 0 heterocycles. The van der Waals surface area contributed by atoms with Crippen molar-refractivity contribution < 1.29 is 31.4 Å². The number of nitrogens with one attached hydrogen (secondary N) is 2. The van der Waals surface area contributed by atoms with E-state index in [0.29, 0.717) is 18.1 Å². The van der Waals surface area contributed by atoms with E-state index in [1.807, 2.05) is 0 Å². The van der Waals surface area contributed by atoms with Crippen LogP contribution in [0.4, 0.5) is 11.4 Å². The van der Waals surface area contributed by atoms with E-state index in [9.17, 15) is 22.5 Å². The molecule has 0 aliphatic carbocycles. The molecular weight excluding hydrogens is 590 g/mol. The van der Waals surface area contributed by atoms with Crippen LogP contribution in [0.3, 0.4) is 0 Å². The Labute approximate surface area is 260 Å². The van der Waals surface area contributed by atoms with E-state index in [0.717, 1.165) is 18.9 Å². The molecule has 0 bridgehead atoms. The van der Waals surface area contributed by atoms with E-state index in [4.69, 9.17) is 8.92 Å². The molecule has 43 heavy (non-hydrogen) atoms. The minimum atomic E-state index is -4.10. The zero-order valence-electron chi connectivity index (χ0n) is 26.0. The third kappa shape index (κ3) is 12.4. The quantitative estimate of drug-likeness (QED) is 0.0708. The van der Waals surface area contributed by atoms with E-state index in [1.165, 1.54) is 61.7 Å². The highest BCUT2D eigenvalue weighted by Crippen LogP contribution is 2.37. The summed E-state index contributed by atoms with van der Waals surface area (Å²) in [6.07, 6.45) is 12.7. The standard InChI is InChI=1S/C31H49N3O7S2/c1-5-9-10-11-12-13-14-15-16-17-22-40-26-18-20-27(21-19-26)41-42(37)33-25-23-28(32-30(35)6-2)31(36)29(24-25)43(38,39)34(7-3)8-4/h18-21,23-24,33,36H,5-17,22H2,1-4H3,(H,32,35). The third-order valence-electron chi connectivity index (χ3n) is 6.96. The number of hydrogen-bond acceptors (Lipinski definition) is 7. The minimum Gasteiger partial charge on any atom is -0.504 e. The number of carbonyl (C=O) groups is 1. The minimum absolute atomic E-state index is 0.0738. The summed E-state index contributed by atoms with van der Waals surface area (Å²) in [5.74, 6) is -0.0275. The van der Waals surface area contributed by atoms with Gasteiger partial charge in [0.15, 0.2) is 5.75 Å². The molecule has 242 valence electrons. The summed E-state index contributed by atoms with van der Waals surface area (Å²) in [6.45, 7) is 8.20. The van der Waals surface area contributed by atoms with Crippen LogP contribution >= 0.6 is 0 Å². The van der Waals surface area contributed by atoms with Gasteiger partial charge < -0.3 is 19.3 Å². The predicted octanol–water partition coefficient (Wildman–Crippen LogP) is 7.14. The molecule has 0 aliphatic rings. The molecule has 1 unspecified atom stereocenters. The van der Waals surface area contributed by atoms with Gasteiger partial charge in [0.1, 0.15) is 16.4 Å². The summed E-state index contributed by atoms with van der Waals surface area (Å²) < 4.78 is 54.2. The molecule has 0 saturated heterocycles. The van der Waals surface area contributed by atoms with Crippen molar-refractivity contribution in [2.75, 3.05) is 29.7 Å². The fourth-order valence-corrected chi connectivity index (χ4v) is 6.70. The predicted molar refractivity (Wildman–Crippen MR) is 173 cm³/mol. The second-order valence-corrected chi connectivity index (χ2v) is 13.0. The smallest absolute Gasteiger partial charge is 0.316 e. The molecular formula is C31H49N3O7S2. The Balaban J connectivity index is 1.93. The van der Waals surface area contributed by atoms with Crippen LogP contribution in [0.15, 0.2) is 41.3 Å². The lowest BCUT2D eigenvalue weighted by molar-refractivity contribution is -0.115. The average Bonchev–Trinajstić information content (AvgIpc) is 2.98. The van der Waals surface area contributed by atoms with Crippen LogP contribution in [-0.2, 0) is 26.1 Å². The summed E-state index contributed by atoms with van der Waals surface area (Å²) in [7, 11) is -4.10. The average molecular weight is 640 g/mol. The molecule has 3 N–H and O–H groups in total. The normalized spacial score (nSPS) is 12.2. The van der Waals surface area contributed by atoms with Crippen LogP contribution < -0.4 is 19.0 Å². The lowest BCUT2D eigenvalue weighted by Crippen LogP contribution is -2.31. The zero-order valence-corrected chi connectivity index (χ0v) is 27.7. The van der Waals surface area contributed by atoms with Crippen molar-refractivity contribution >= 4 is 38.6 Å². The van der Waals surface area contributed by atoms with Crippen LogP contribution in [-0.4, -0.2) is 47.6 Å².